The van der Waals surface area contributed by atoms with E-state index in [2.05, 4.69) is 190 Å². The minimum atomic E-state index is -3.37. The van der Waals surface area contributed by atoms with Crippen molar-refractivity contribution in [1.29, 1.82) is 0 Å². The summed E-state index contributed by atoms with van der Waals surface area (Å²) in [5, 5.41) is 24.3. The fraction of sp³-hybridized carbons (Fsp3) is 0.162. The summed E-state index contributed by atoms with van der Waals surface area (Å²) < 4.78 is 35.4. The smallest absolute Gasteiger partial charge is 0.365 e. The highest BCUT2D eigenvalue weighted by molar-refractivity contribution is 7.98. The molecule has 0 aliphatic carbocycles. The number of aliphatic carboxylic acids is 1. The topological polar surface area (TPSA) is 312 Å². The lowest BCUT2D eigenvalue weighted by Crippen LogP contribution is -2.74. The van der Waals surface area contributed by atoms with E-state index in [1.165, 1.54) is 43.8 Å². The number of morpholine rings is 1. The van der Waals surface area contributed by atoms with Gasteiger partial charge in [-0.15, -0.1) is 16.9 Å². The first-order valence-corrected chi connectivity index (χ1v) is 44.8. The van der Waals surface area contributed by atoms with Crippen molar-refractivity contribution in [2.24, 2.45) is 5.16 Å². The molecule has 1 fully saturated rings. The van der Waals surface area contributed by atoms with Crippen LogP contribution in [0.3, 0.4) is 0 Å². The lowest BCUT2D eigenvalue weighted by Gasteiger charge is -2.44. The number of thioether (sulfide) groups is 1. The molecule has 0 spiro atoms. The second kappa shape index (κ2) is 50.7. The average molecular weight is 1810 g/mol. The molecule has 0 bridgehead atoms. The third-order valence-electron chi connectivity index (χ3n) is 20.9. The Kier molecular flexibility index (Phi) is 38.7. The Balaban J connectivity index is 0.000000181. The highest BCUT2D eigenvalue weighted by Crippen LogP contribution is 2.28. The van der Waals surface area contributed by atoms with Crippen LogP contribution in [0.25, 0.3) is 17.1 Å². The molecule has 3 amide bonds. The number of hydroxylamine groups is 2. The standard InChI is InChI=1S/C26H32N2O4S.C24H20B.C16H16N2O3.C14H14O2S.C13H9N3O2.C10H7NO4.CH5N.CH4/c1-5-20-6-8-21(9-7-20)18-31-24(29)19-32-27-25(22-10-12-23(33-4)13-11-22)26(2,3)28-14-16-30-17-15-28;1-5-13-21(14-6-1)25(22-15-7-2-8-16-22,23-17-9-3-10-18-23)24-19-11-4-12-20-24;19-15(17-13-7-3-1-4-8-13)11-18(12-16(20)21)14-9-5-2-6-10-14;1-11-3-7-13(8-4-11)17(15,16)14-9-5-12(2)6-10-14;17-13(10-6-2-1-3-7-10)18-16-12-9-5-4-8-11(12)14-15-16;1-6(12)15-11-9(13)7-4-2-3-5-8(7)10(11)14;1-2;/h5-13H,1,14-19H2,2-4H3;1-20H;1-10H,11-12H2,(H,17,19)(H,20,21);3-10H,1-2H3;1-9H;2-5H,1H3;2H2,1H3;1H4/q;-1;;;;;;/p+1/b27-25-;;;;;;;. The molecule has 2 aliphatic heterocycles. The molecule has 0 radical (unpaired) electrons. The normalized spacial score (nSPS) is 12.0. The van der Waals surface area contributed by atoms with E-state index in [4.69, 9.17) is 24.3 Å². The molecule has 1 saturated heterocycles. The number of benzene rings is 13. The number of carboxylic acids is 1. The van der Waals surface area contributed by atoms with Gasteiger partial charge in [-0.2, -0.15) is 21.9 Å². The van der Waals surface area contributed by atoms with Crippen LogP contribution in [0.15, 0.2) is 384 Å². The Labute approximate surface area is 775 Å². The molecule has 678 valence electrons. The number of hydrogen-bond acceptors (Lipinski definition) is 20. The Morgan fingerprint density at radius 3 is 1.48 bits per heavy atom. The van der Waals surface area contributed by atoms with Crippen LogP contribution in [0.4, 0.5) is 11.4 Å². The van der Waals surface area contributed by atoms with Crippen molar-refractivity contribution in [2.45, 2.75) is 68.9 Å². The van der Waals surface area contributed by atoms with Crippen LogP contribution in [0, 0.1) is 13.8 Å². The zero-order valence-corrected chi connectivity index (χ0v) is 75.5. The zero-order valence-electron chi connectivity index (χ0n) is 73.9. The predicted molar refractivity (Wildman–Crippen MR) is 522 cm³/mol. The number of aryl methyl sites for hydroxylation is 2. The summed E-state index contributed by atoms with van der Waals surface area (Å²) in [5.41, 5.74) is 17.6. The van der Waals surface area contributed by atoms with E-state index < -0.39 is 57.2 Å². The molecular weight excluding hydrogens is 1700 g/mol. The van der Waals surface area contributed by atoms with Crippen LogP contribution < -0.4 is 42.6 Å². The second-order valence-corrected chi connectivity index (χ2v) is 32.9. The maximum absolute atomic E-state index is 12.3. The number of aromatic nitrogens is 3. The SMILES string of the molecule is C.C=Cc1ccc(COC(=O)CO/N=C(/c2ccc(SC)cc2)C(C)(C)N2CCOCC2)cc1.CC(=O)ON1C(=O)c2ccccc2C1=O.C[NH3+].Cc1ccc(S(=O)(=O)c2ccc(C)cc2)cc1.O=C(O)CN(CC(=O)Nc1ccccc1)c1ccccc1.O=C(On1nnc2ccccc21)c1ccccc1.c1ccc([B-](c2ccccc2)(c2ccccc2)c2ccccc2)cc1. The summed E-state index contributed by atoms with van der Waals surface area (Å²) in [4.78, 5) is 103. The molecule has 2 aliphatic rings. The van der Waals surface area contributed by atoms with Crippen molar-refractivity contribution in [1.82, 2.24) is 25.1 Å². The van der Waals surface area contributed by atoms with Crippen molar-refractivity contribution in [3.05, 3.63) is 409 Å². The van der Waals surface area contributed by atoms with E-state index in [1.54, 1.807) is 158 Å². The second-order valence-electron chi connectivity index (χ2n) is 30.1. The van der Waals surface area contributed by atoms with E-state index >= 15 is 0 Å². The molecule has 3 heterocycles. The number of carbonyl (C=O) groups excluding carboxylic acids is 6. The first kappa shape index (κ1) is 101. The number of para-hydroxylation sites is 3. The van der Waals surface area contributed by atoms with Crippen molar-refractivity contribution in [3.63, 3.8) is 0 Å². The van der Waals surface area contributed by atoms with Gasteiger partial charge in [0.1, 0.15) is 36.0 Å². The number of rotatable bonds is 25. The fourth-order valence-corrected chi connectivity index (χ4v) is 15.9. The molecule has 0 saturated carbocycles. The lowest BCUT2D eigenvalue weighted by molar-refractivity contribution is -0.325. The number of carboxylic acid groups (broad SMARTS) is 1. The van der Waals surface area contributed by atoms with Gasteiger partial charge in [0.15, 0.2) is 0 Å². The number of imide groups is 1. The van der Waals surface area contributed by atoms with Gasteiger partial charge in [-0.3, -0.25) is 24.1 Å². The molecule has 13 aromatic carbocycles. The summed E-state index contributed by atoms with van der Waals surface area (Å²) in [5.74, 6) is -4.09. The number of amides is 3. The van der Waals surface area contributed by atoms with Crippen molar-refractivity contribution >= 4 is 125 Å². The summed E-state index contributed by atoms with van der Waals surface area (Å²) in [6.07, 6.45) is 2.60. The third-order valence-corrected chi connectivity index (χ3v) is 23.4. The maximum atomic E-state index is 12.3. The number of sulfone groups is 1. The van der Waals surface area contributed by atoms with Gasteiger partial charge in [0.2, 0.25) is 22.4 Å². The number of ether oxygens (including phenoxy) is 2. The minimum Gasteiger partial charge on any atom is -0.480 e. The Morgan fingerprint density at radius 1 is 0.576 bits per heavy atom. The quantitative estimate of drug-likeness (QED) is 0.00910. The van der Waals surface area contributed by atoms with E-state index in [-0.39, 0.29) is 50.8 Å². The molecule has 132 heavy (non-hydrogen) atoms. The van der Waals surface area contributed by atoms with Crippen LogP contribution >= 0.6 is 11.8 Å². The predicted octanol–water partition coefficient (Wildman–Crippen LogP) is 15.0. The molecule has 5 N–H and O–H groups in total. The summed E-state index contributed by atoms with van der Waals surface area (Å²) in [6, 6.07) is 114. The molecule has 14 aromatic rings. The van der Waals surface area contributed by atoms with Gasteiger partial charge in [-0.1, -0.05) is 307 Å². The Bertz CT molecular complexity index is 5940. The molecule has 0 atom stereocenters. The number of anilines is 2. The number of nitrogens with one attached hydrogen (secondary N) is 1. The molecular formula is C105H108BN9O15S2. The van der Waals surface area contributed by atoms with Crippen molar-refractivity contribution < 1.29 is 76.8 Å². The molecule has 24 nitrogen and oxygen atoms in total. The third kappa shape index (κ3) is 28.0. The summed E-state index contributed by atoms with van der Waals surface area (Å²) in [6.45, 7) is 15.6. The largest absolute Gasteiger partial charge is 0.480 e. The lowest BCUT2D eigenvalue weighted by atomic mass is 9.13. The highest BCUT2D eigenvalue weighted by Gasteiger charge is 2.39. The first-order valence-electron chi connectivity index (χ1n) is 42.1. The van der Waals surface area contributed by atoms with Gasteiger partial charge in [0.05, 0.1) is 58.8 Å². The monoisotopic (exact) mass is 1810 g/mol. The van der Waals surface area contributed by atoms with Crippen LogP contribution in [-0.4, -0.2) is 157 Å². The summed E-state index contributed by atoms with van der Waals surface area (Å²) in [7, 11) is -1.62. The van der Waals surface area contributed by atoms with Crippen LogP contribution in [0.1, 0.15) is 87.1 Å². The highest BCUT2D eigenvalue weighted by atomic mass is 32.2. The van der Waals surface area contributed by atoms with Gasteiger partial charge in [0, 0.05) is 41.8 Å². The van der Waals surface area contributed by atoms with Gasteiger partial charge in [-0.25, -0.2) is 22.8 Å². The molecule has 1 aromatic heterocycles. The van der Waals surface area contributed by atoms with Crippen LogP contribution in [0.2, 0.25) is 0 Å². The van der Waals surface area contributed by atoms with E-state index in [0.29, 0.717) is 56.0 Å². The average Bonchev–Trinajstić information content (AvgIpc) is 0.961. The molecule has 16 rings (SSSR count). The minimum absolute atomic E-state index is 0. The van der Waals surface area contributed by atoms with E-state index in [0.717, 1.165) is 58.4 Å². The number of nitrogens with zero attached hydrogens (tertiary/aromatic N) is 7. The number of oxime groups is 1. The Morgan fingerprint density at radius 2 is 1.02 bits per heavy atom. The zero-order chi connectivity index (χ0) is 93.6. The fourth-order valence-electron chi connectivity index (χ4n) is 14.3. The van der Waals surface area contributed by atoms with Gasteiger partial charge >= 0.3 is 23.9 Å². The van der Waals surface area contributed by atoms with Crippen molar-refractivity contribution in [3.8, 4) is 0 Å². The number of hydrogen-bond donors (Lipinski definition) is 3. The van der Waals surface area contributed by atoms with E-state index in [9.17, 15) is 42.0 Å². The maximum Gasteiger partial charge on any atom is 0.365 e. The molecule has 0 unspecified atom stereocenters. The number of carbonyl (C=O) groups is 7. The van der Waals surface area contributed by atoms with E-state index in [1.807, 2.05) is 99.0 Å². The van der Waals surface area contributed by atoms with Crippen LogP contribution in [-0.2, 0) is 54.8 Å². The van der Waals surface area contributed by atoms with Gasteiger partial charge in [0.25, 0.3) is 11.8 Å². The van der Waals surface area contributed by atoms with Gasteiger partial charge < -0.3 is 45.0 Å². The first-order chi connectivity index (χ1) is 63.5. The Hall–Kier alpha value is -15.0. The van der Waals surface area contributed by atoms with Crippen LogP contribution in [0.5, 0.6) is 0 Å². The number of esters is 1. The van der Waals surface area contributed by atoms with Crippen molar-refractivity contribution in [2.75, 3.05) is 69.5 Å². The van der Waals surface area contributed by atoms with Gasteiger partial charge in [-0.05, 0) is 147 Å². The number of fused-ring (bicyclic) bond motifs is 2. The molecule has 27 heteroatoms. The number of quaternary nitrogens is 1. The summed E-state index contributed by atoms with van der Waals surface area (Å²) >= 11 is 1.69.